The molecule has 2 N–H and O–H groups in total. The lowest BCUT2D eigenvalue weighted by molar-refractivity contribution is 0.407. The van der Waals surface area contributed by atoms with Gasteiger partial charge in [-0.2, -0.15) is 5.26 Å². The van der Waals surface area contributed by atoms with E-state index < -0.39 is 17.4 Å². The summed E-state index contributed by atoms with van der Waals surface area (Å²) in [5.41, 5.74) is 6.84. The fourth-order valence-corrected chi connectivity index (χ4v) is 1.55. The van der Waals surface area contributed by atoms with Crippen LogP contribution in [-0.2, 0) is 0 Å². The summed E-state index contributed by atoms with van der Waals surface area (Å²) in [6, 6.07) is 8.18. The lowest BCUT2D eigenvalue weighted by Crippen LogP contribution is -1.95. The number of benzene rings is 2. The molecule has 0 saturated carbocycles. The molecule has 0 fully saturated rings. The smallest absolute Gasteiger partial charge is 0.198 e. The van der Waals surface area contributed by atoms with Gasteiger partial charge in [0.05, 0.1) is 11.6 Å². The molecule has 0 saturated heterocycles. The van der Waals surface area contributed by atoms with Gasteiger partial charge in [0.25, 0.3) is 0 Å². The zero-order valence-electron chi connectivity index (χ0n) is 10.1. The second-order valence-electron chi connectivity index (χ2n) is 4.00. The van der Waals surface area contributed by atoms with Crippen LogP contribution < -0.4 is 10.5 Å². The van der Waals surface area contributed by atoms with Crippen LogP contribution in [0.5, 0.6) is 11.5 Å². The van der Waals surface area contributed by atoms with Crippen molar-refractivity contribution in [3.63, 3.8) is 0 Å². The zero-order valence-corrected chi connectivity index (χ0v) is 10.1. The molecule has 0 radical (unpaired) electrons. The van der Waals surface area contributed by atoms with E-state index in [0.29, 0.717) is 5.69 Å². The topological polar surface area (TPSA) is 59.0 Å². The summed E-state index contributed by atoms with van der Waals surface area (Å²) in [6.45, 7) is 1.76. The summed E-state index contributed by atoms with van der Waals surface area (Å²) < 4.78 is 32.4. The van der Waals surface area contributed by atoms with Crippen LogP contribution in [0.15, 0.2) is 30.3 Å². The van der Waals surface area contributed by atoms with Gasteiger partial charge in [-0.25, -0.2) is 8.78 Å². The lowest BCUT2D eigenvalue weighted by atomic mass is 10.2. The maximum atomic E-state index is 13.6. The molecule has 0 bridgehead atoms. The number of anilines is 1. The van der Waals surface area contributed by atoms with Crippen molar-refractivity contribution < 1.29 is 13.5 Å². The molecule has 3 nitrogen and oxygen atoms in total. The van der Waals surface area contributed by atoms with Gasteiger partial charge in [-0.1, -0.05) is 0 Å². The van der Waals surface area contributed by atoms with E-state index in [9.17, 15) is 8.78 Å². The van der Waals surface area contributed by atoms with E-state index in [1.54, 1.807) is 25.1 Å². The molecule has 0 unspecified atom stereocenters. The number of nitrogens with zero attached hydrogens (tertiary/aromatic N) is 1. The second kappa shape index (κ2) is 4.94. The van der Waals surface area contributed by atoms with E-state index >= 15 is 0 Å². The molecule has 2 aromatic carbocycles. The maximum Gasteiger partial charge on any atom is 0.198 e. The Balaban J connectivity index is 2.38. The number of halogens is 2. The summed E-state index contributed by atoms with van der Waals surface area (Å²) in [5.74, 6) is -2.12. The molecule has 0 amide bonds. The largest absolute Gasteiger partial charge is 0.451 e. The summed E-state index contributed by atoms with van der Waals surface area (Å²) in [7, 11) is 0. The highest BCUT2D eigenvalue weighted by molar-refractivity contribution is 5.50. The zero-order chi connectivity index (χ0) is 14.0. The third-order valence-corrected chi connectivity index (χ3v) is 2.59. The summed E-state index contributed by atoms with van der Waals surface area (Å²) in [6.07, 6.45) is 0. The van der Waals surface area contributed by atoms with Crippen LogP contribution in [0, 0.1) is 29.9 Å². The first-order chi connectivity index (χ1) is 9.01. The first kappa shape index (κ1) is 12.8. The van der Waals surface area contributed by atoms with E-state index in [-0.39, 0.29) is 11.3 Å². The molecule has 0 atom stereocenters. The Hall–Kier alpha value is -2.61. The fourth-order valence-electron chi connectivity index (χ4n) is 1.55. The van der Waals surface area contributed by atoms with Gasteiger partial charge in [0.2, 0.25) is 0 Å². The van der Waals surface area contributed by atoms with Gasteiger partial charge < -0.3 is 10.5 Å². The molecule has 2 rings (SSSR count). The van der Waals surface area contributed by atoms with Crippen molar-refractivity contribution in [3.05, 3.63) is 53.1 Å². The van der Waals surface area contributed by atoms with Gasteiger partial charge in [-0.05, 0) is 42.8 Å². The number of aryl methyl sites for hydroxylation is 1. The van der Waals surface area contributed by atoms with Gasteiger partial charge in [-0.15, -0.1) is 0 Å². The number of ether oxygens (including phenoxy) is 1. The Morgan fingerprint density at radius 3 is 2.32 bits per heavy atom. The lowest BCUT2D eigenvalue weighted by Gasteiger charge is -2.09. The van der Waals surface area contributed by atoms with Crippen LogP contribution in [0.4, 0.5) is 14.5 Å². The van der Waals surface area contributed by atoms with Gasteiger partial charge in [0, 0.05) is 5.69 Å². The molecule has 96 valence electrons. The molecular weight excluding hydrogens is 250 g/mol. The molecule has 2 aromatic rings. The van der Waals surface area contributed by atoms with Crippen LogP contribution in [0.2, 0.25) is 0 Å². The SMILES string of the molecule is Cc1cc(Oc2c(F)cc(C#N)cc2F)ccc1N. The molecule has 0 heterocycles. The predicted molar refractivity (Wildman–Crippen MR) is 66.7 cm³/mol. The Morgan fingerprint density at radius 2 is 1.79 bits per heavy atom. The Morgan fingerprint density at radius 1 is 1.16 bits per heavy atom. The van der Waals surface area contributed by atoms with Gasteiger partial charge >= 0.3 is 0 Å². The molecular formula is C14H10F2N2O. The number of nitriles is 1. The van der Waals surface area contributed by atoms with Crippen molar-refractivity contribution in [3.8, 4) is 17.6 Å². The summed E-state index contributed by atoms with van der Waals surface area (Å²) in [5, 5.41) is 8.60. The van der Waals surface area contributed by atoms with Crippen LogP contribution in [-0.4, -0.2) is 0 Å². The number of hydrogen-bond acceptors (Lipinski definition) is 3. The standard InChI is InChI=1S/C14H10F2N2O/c1-8-4-10(2-3-13(8)18)19-14-11(15)5-9(7-17)6-12(14)16/h2-6H,18H2,1H3. The van der Waals surface area contributed by atoms with Crippen molar-refractivity contribution in [1.82, 2.24) is 0 Å². The number of hydrogen-bond donors (Lipinski definition) is 1. The van der Waals surface area contributed by atoms with E-state index in [2.05, 4.69) is 0 Å². The highest BCUT2D eigenvalue weighted by Crippen LogP contribution is 2.30. The molecule has 19 heavy (non-hydrogen) atoms. The van der Waals surface area contributed by atoms with Crippen molar-refractivity contribution >= 4 is 5.69 Å². The molecule has 0 spiro atoms. The van der Waals surface area contributed by atoms with Crippen LogP contribution >= 0.6 is 0 Å². The van der Waals surface area contributed by atoms with E-state index in [0.717, 1.165) is 17.7 Å². The Kier molecular flexibility index (Phi) is 3.34. The van der Waals surface area contributed by atoms with Gasteiger partial charge in [0.1, 0.15) is 5.75 Å². The van der Waals surface area contributed by atoms with Crippen LogP contribution in [0.3, 0.4) is 0 Å². The minimum absolute atomic E-state index is 0.101. The van der Waals surface area contributed by atoms with Crippen molar-refractivity contribution in [2.45, 2.75) is 6.92 Å². The van der Waals surface area contributed by atoms with E-state index in [1.807, 2.05) is 0 Å². The number of rotatable bonds is 2. The molecule has 0 aliphatic heterocycles. The third kappa shape index (κ3) is 2.63. The van der Waals surface area contributed by atoms with E-state index in [4.69, 9.17) is 15.7 Å². The molecule has 5 heteroatoms. The molecule has 0 aliphatic carbocycles. The first-order valence-electron chi connectivity index (χ1n) is 5.44. The minimum atomic E-state index is -0.925. The Bertz CT molecular complexity index is 655. The minimum Gasteiger partial charge on any atom is -0.451 e. The van der Waals surface area contributed by atoms with Crippen LogP contribution in [0.25, 0.3) is 0 Å². The monoisotopic (exact) mass is 260 g/mol. The first-order valence-corrected chi connectivity index (χ1v) is 5.44. The highest BCUT2D eigenvalue weighted by Gasteiger charge is 2.14. The molecule has 0 aliphatic rings. The second-order valence-corrected chi connectivity index (χ2v) is 4.00. The fraction of sp³-hybridized carbons (Fsp3) is 0.0714. The molecule has 0 aromatic heterocycles. The van der Waals surface area contributed by atoms with Crippen molar-refractivity contribution in [2.75, 3.05) is 5.73 Å². The van der Waals surface area contributed by atoms with Gasteiger partial charge in [-0.3, -0.25) is 0 Å². The van der Waals surface area contributed by atoms with Crippen molar-refractivity contribution in [2.24, 2.45) is 0 Å². The van der Waals surface area contributed by atoms with E-state index in [1.165, 1.54) is 6.07 Å². The Labute approximate surface area is 108 Å². The summed E-state index contributed by atoms with van der Waals surface area (Å²) >= 11 is 0. The number of nitrogens with two attached hydrogens (primary N) is 1. The quantitative estimate of drug-likeness (QED) is 0.840. The predicted octanol–water partition coefficient (Wildman–Crippen LogP) is 3.52. The van der Waals surface area contributed by atoms with Gasteiger partial charge in [0.15, 0.2) is 17.4 Å². The summed E-state index contributed by atoms with van der Waals surface area (Å²) in [4.78, 5) is 0. The normalized spacial score (nSPS) is 10.0. The number of nitrogen functional groups attached to an aromatic ring is 1. The highest BCUT2D eigenvalue weighted by atomic mass is 19.1. The van der Waals surface area contributed by atoms with Crippen molar-refractivity contribution in [1.29, 1.82) is 5.26 Å². The average molecular weight is 260 g/mol. The van der Waals surface area contributed by atoms with Crippen LogP contribution in [0.1, 0.15) is 11.1 Å². The maximum absolute atomic E-state index is 13.6. The average Bonchev–Trinajstić information content (AvgIpc) is 2.37. The third-order valence-electron chi connectivity index (χ3n) is 2.59.